The van der Waals surface area contributed by atoms with Crippen LogP contribution in [0.15, 0.2) is 6.33 Å². The first-order valence-electron chi connectivity index (χ1n) is 7.13. The van der Waals surface area contributed by atoms with Gasteiger partial charge in [0.15, 0.2) is 0 Å². The van der Waals surface area contributed by atoms with Crippen molar-refractivity contribution in [2.45, 2.75) is 39.2 Å². The van der Waals surface area contributed by atoms with Crippen LogP contribution in [0.1, 0.15) is 37.4 Å². The molecule has 0 radical (unpaired) electrons. The average Bonchev–Trinajstić information content (AvgIpc) is 2.63. The lowest BCUT2D eigenvalue weighted by Crippen LogP contribution is -2.31. The van der Waals surface area contributed by atoms with Crippen molar-refractivity contribution in [1.82, 2.24) is 15.3 Å². The van der Waals surface area contributed by atoms with Gasteiger partial charge in [0.2, 0.25) is 0 Å². The third-order valence-corrected chi connectivity index (χ3v) is 4.17. The molecule has 2 aliphatic heterocycles. The normalized spacial score (nSPS) is 24.5. The maximum atomic E-state index is 4.56. The summed E-state index contributed by atoms with van der Waals surface area (Å²) < 4.78 is 0. The molecule has 1 aromatic rings. The summed E-state index contributed by atoms with van der Waals surface area (Å²) in [5.74, 6) is 2.03. The molecule has 0 aromatic carbocycles. The van der Waals surface area contributed by atoms with Gasteiger partial charge in [-0.25, -0.2) is 9.97 Å². The third kappa shape index (κ3) is 2.34. The number of fused-ring (bicyclic) bond motifs is 1. The molecule has 98 valence electrons. The van der Waals surface area contributed by atoms with Gasteiger partial charge in [-0.15, -0.1) is 0 Å². The summed E-state index contributed by atoms with van der Waals surface area (Å²) >= 11 is 0. The Kier molecular flexibility index (Phi) is 3.46. The van der Waals surface area contributed by atoms with Crippen LogP contribution in [0, 0.1) is 5.92 Å². The van der Waals surface area contributed by atoms with Crippen molar-refractivity contribution in [3.63, 3.8) is 0 Å². The summed E-state index contributed by atoms with van der Waals surface area (Å²) in [5, 5.41) is 3.44. The monoisotopic (exact) mass is 246 g/mol. The van der Waals surface area contributed by atoms with Crippen LogP contribution >= 0.6 is 0 Å². The van der Waals surface area contributed by atoms with E-state index in [1.165, 1.54) is 36.3 Å². The van der Waals surface area contributed by atoms with E-state index in [1.807, 2.05) is 0 Å². The molecule has 3 heterocycles. The van der Waals surface area contributed by atoms with E-state index in [0.29, 0.717) is 0 Å². The molecule has 18 heavy (non-hydrogen) atoms. The molecule has 4 nitrogen and oxygen atoms in total. The summed E-state index contributed by atoms with van der Waals surface area (Å²) in [4.78, 5) is 11.5. The first-order chi connectivity index (χ1) is 8.84. The van der Waals surface area contributed by atoms with Gasteiger partial charge in [0.05, 0.1) is 5.69 Å². The molecule has 1 atom stereocenters. The fraction of sp³-hybridized carbons (Fsp3) is 0.714. The van der Waals surface area contributed by atoms with Crippen molar-refractivity contribution >= 4 is 5.82 Å². The highest BCUT2D eigenvalue weighted by molar-refractivity contribution is 5.49. The minimum Gasteiger partial charge on any atom is -0.356 e. The second-order valence-electron chi connectivity index (χ2n) is 5.57. The highest BCUT2D eigenvalue weighted by atomic mass is 15.2. The number of rotatable bonds is 1. The molecule has 2 aliphatic rings. The van der Waals surface area contributed by atoms with Crippen molar-refractivity contribution in [3.8, 4) is 0 Å². The zero-order valence-electron chi connectivity index (χ0n) is 11.2. The van der Waals surface area contributed by atoms with Crippen molar-refractivity contribution in [1.29, 1.82) is 0 Å². The quantitative estimate of drug-likeness (QED) is 0.819. The van der Waals surface area contributed by atoms with Gasteiger partial charge in [-0.05, 0) is 25.2 Å². The lowest BCUT2D eigenvalue weighted by atomic mass is 10.0. The number of aromatic nitrogens is 2. The van der Waals surface area contributed by atoms with Gasteiger partial charge < -0.3 is 10.2 Å². The van der Waals surface area contributed by atoms with E-state index in [2.05, 4.69) is 27.1 Å². The van der Waals surface area contributed by atoms with E-state index in [4.69, 9.17) is 0 Å². The Morgan fingerprint density at radius 2 is 2.22 bits per heavy atom. The molecule has 0 aliphatic carbocycles. The zero-order valence-corrected chi connectivity index (χ0v) is 11.2. The van der Waals surface area contributed by atoms with Crippen molar-refractivity contribution in [3.05, 3.63) is 17.6 Å². The van der Waals surface area contributed by atoms with E-state index < -0.39 is 0 Å². The number of anilines is 1. The van der Waals surface area contributed by atoms with Gasteiger partial charge in [-0.2, -0.15) is 0 Å². The van der Waals surface area contributed by atoms with Crippen LogP contribution < -0.4 is 10.2 Å². The van der Waals surface area contributed by atoms with Gasteiger partial charge in [0, 0.05) is 38.2 Å². The Morgan fingerprint density at radius 1 is 1.28 bits per heavy atom. The standard InChI is InChI=1S/C14H22N4/c1-11-3-2-7-18(8-5-11)14-12-9-15-6-4-13(12)16-10-17-14/h10-11,15H,2-9H2,1H3. The van der Waals surface area contributed by atoms with Crippen LogP contribution in [0.5, 0.6) is 0 Å². The lowest BCUT2D eigenvalue weighted by Gasteiger charge is -2.27. The van der Waals surface area contributed by atoms with Crippen LogP contribution in [-0.4, -0.2) is 29.6 Å². The predicted octanol–water partition coefficient (Wildman–Crippen LogP) is 1.75. The molecular formula is C14H22N4. The fourth-order valence-corrected chi connectivity index (χ4v) is 3.00. The number of nitrogens with zero attached hydrogens (tertiary/aromatic N) is 3. The van der Waals surface area contributed by atoms with Crippen molar-refractivity contribution < 1.29 is 0 Å². The lowest BCUT2D eigenvalue weighted by molar-refractivity contribution is 0.520. The van der Waals surface area contributed by atoms with Crippen LogP contribution in [0.3, 0.4) is 0 Å². The van der Waals surface area contributed by atoms with Gasteiger partial charge in [0.1, 0.15) is 12.1 Å². The van der Waals surface area contributed by atoms with Crippen LogP contribution in [0.25, 0.3) is 0 Å². The molecule has 1 unspecified atom stereocenters. The summed E-state index contributed by atoms with van der Waals surface area (Å²) in [6, 6.07) is 0. The highest BCUT2D eigenvalue weighted by Gasteiger charge is 2.21. The molecule has 1 aromatic heterocycles. The molecule has 3 rings (SSSR count). The first kappa shape index (κ1) is 11.9. The van der Waals surface area contributed by atoms with Gasteiger partial charge >= 0.3 is 0 Å². The van der Waals surface area contributed by atoms with Crippen LogP contribution in [-0.2, 0) is 13.0 Å². The van der Waals surface area contributed by atoms with Gasteiger partial charge in [-0.3, -0.25) is 0 Å². The molecule has 0 saturated carbocycles. The number of hydrogen-bond acceptors (Lipinski definition) is 4. The Bertz CT molecular complexity index is 418. The average molecular weight is 246 g/mol. The molecule has 1 N–H and O–H groups in total. The second-order valence-corrected chi connectivity index (χ2v) is 5.57. The van der Waals surface area contributed by atoms with E-state index in [1.54, 1.807) is 6.33 Å². The van der Waals surface area contributed by atoms with Gasteiger partial charge in [-0.1, -0.05) is 6.92 Å². The SMILES string of the molecule is CC1CCCN(c2ncnc3c2CNCC3)CC1. The highest BCUT2D eigenvalue weighted by Crippen LogP contribution is 2.26. The Balaban J connectivity index is 1.87. The first-order valence-corrected chi connectivity index (χ1v) is 7.13. The third-order valence-electron chi connectivity index (χ3n) is 4.17. The van der Waals surface area contributed by atoms with Crippen molar-refractivity contribution in [2.24, 2.45) is 5.92 Å². The molecular weight excluding hydrogens is 224 g/mol. The summed E-state index contributed by atoms with van der Waals surface area (Å²) in [6.07, 6.45) is 6.70. The molecule has 0 bridgehead atoms. The Hall–Kier alpha value is -1.16. The molecule has 1 saturated heterocycles. The fourth-order valence-electron chi connectivity index (χ4n) is 3.00. The topological polar surface area (TPSA) is 41.1 Å². The van der Waals surface area contributed by atoms with Crippen molar-refractivity contribution in [2.75, 3.05) is 24.5 Å². The maximum absolute atomic E-state index is 4.56. The number of nitrogens with one attached hydrogen (secondary N) is 1. The van der Waals surface area contributed by atoms with Crippen LogP contribution in [0.2, 0.25) is 0 Å². The Morgan fingerprint density at radius 3 is 3.17 bits per heavy atom. The molecule has 1 fully saturated rings. The predicted molar refractivity (Wildman–Crippen MR) is 72.7 cm³/mol. The molecule has 0 spiro atoms. The smallest absolute Gasteiger partial charge is 0.136 e. The van der Waals surface area contributed by atoms with E-state index in [9.17, 15) is 0 Å². The molecule has 4 heteroatoms. The minimum atomic E-state index is 0.853. The largest absolute Gasteiger partial charge is 0.356 e. The van der Waals surface area contributed by atoms with Crippen LogP contribution in [0.4, 0.5) is 5.82 Å². The maximum Gasteiger partial charge on any atom is 0.136 e. The Labute approximate surface area is 109 Å². The van der Waals surface area contributed by atoms with E-state index in [0.717, 1.165) is 38.5 Å². The number of hydrogen-bond donors (Lipinski definition) is 1. The summed E-state index contributed by atoms with van der Waals surface area (Å²) in [6.45, 7) is 6.62. The minimum absolute atomic E-state index is 0.853. The second kappa shape index (κ2) is 5.22. The van der Waals surface area contributed by atoms with E-state index >= 15 is 0 Å². The summed E-state index contributed by atoms with van der Waals surface area (Å²) in [5.41, 5.74) is 2.58. The zero-order chi connectivity index (χ0) is 12.4. The molecule has 0 amide bonds. The summed E-state index contributed by atoms with van der Waals surface area (Å²) in [7, 11) is 0. The van der Waals surface area contributed by atoms with E-state index in [-0.39, 0.29) is 0 Å². The van der Waals surface area contributed by atoms with Gasteiger partial charge in [0.25, 0.3) is 0 Å².